The van der Waals surface area contributed by atoms with Crippen molar-refractivity contribution in [2.24, 2.45) is 5.92 Å². The number of hydrogen-bond donors (Lipinski definition) is 2. The average Bonchev–Trinajstić information content (AvgIpc) is 2.29. The molecule has 0 bridgehead atoms. The third-order valence-corrected chi connectivity index (χ3v) is 2.94. The number of carbonyl (C=O) groups excluding carboxylic acids is 1. The van der Waals surface area contributed by atoms with Crippen molar-refractivity contribution in [3.8, 4) is 0 Å². The van der Waals surface area contributed by atoms with E-state index in [4.69, 9.17) is 0 Å². The Bertz CT molecular complexity index is 355. The molecule has 1 rings (SSSR count). The van der Waals surface area contributed by atoms with Gasteiger partial charge in [0.1, 0.15) is 0 Å². The lowest BCUT2D eigenvalue weighted by molar-refractivity contribution is 0.218. The highest BCUT2D eigenvalue weighted by Gasteiger charge is 2.16. The fourth-order valence-corrected chi connectivity index (χ4v) is 1.91. The predicted octanol–water partition coefficient (Wildman–Crippen LogP) is 2.39. The highest BCUT2D eigenvalue weighted by molar-refractivity contribution is 5.89. The molecule has 2 N–H and O–H groups in total. The highest BCUT2D eigenvalue weighted by atomic mass is 16.2. The second-order valence-corrected chi connectivity index (χ2v) is 4.98. The minimum atomic E-state index is -0.159. The number of nitrogens with zero attached hydrogens (tertiary/aromatic N) is 1. The van der Waals surface area contributed by atoms with Crippen molar-refractivity contribution >= 4 is 11.7 Å². The van der Waals surface area contributed by atoms with Crippen LogP contribution in [0.25, 0.3) is 0 Å². The highest BCUT2D eigenvalue weighted by Crippen LogP contribution is 2.07. The summed E-state index contributed by atoms with van der Waals surface area (Å²) >= 11 is 0. The molecule has 2 amide bonds. The standard InChI is InChI=1S/C14H23N3O/c1-11(2)13(17(3)4)10-15-14(18)16-12-8-6-5-7-9-12/h5-9,11,13H,10H2,1-4H3,(H2,15,16,18)/t13-/m1/s1. The molecule has 0 fully saturated rings. The average molecular weight is 249 g/mol. The lowest BCUT2D eigenvalue weighted by Crippen LogP contribution is -2.44. The third-order valence-electron chi connectivity index (χ3n) is 2.94. The van der Waals surface area contributed by atoms with E-state index in [1.807, 2.05) is 44.4 Å². The molecule has 0 radical (unpaired) electrons. The molecule has 0 aliphatic rings. The van der Waals surface area contributed by atoms with Gasteiger partial charge in [-0.05, 0) is 32.1 Å². The molecule has 100 valence electrons. The van der Waals surface area contributed by atoms with Gasteiger partial charge in [-0.1, -0.05) is 32.0 Å². The molecule has 4 heteroatoms. The Kier molecular flexibility index (Phi) is 5.65. The van der Waals surface area contributed by atoms with E-state index in [1.54, 1.807) is 0 Å². The summed E-state index contributed by atoms with van der Waals surface area (Å²) in [6.07, 6.45) is 0. The van der Waals surface area contributed by atoms with Gasteiger partial charge in [-0.2, -0.15) is 0 Å². The van der Waals surface area contributed by atoms with E-state index in [0.717, 1.165) is 5.69 Å². The Morgan fingerprint density at radius 2 is 1.83 bits per heavy atom. The van der Waals surface area contributed by atoms with Gasteiger partial charge in [0.15, 0.2) is 0 Å². The summed E-state index contributed by atoms with van der Waals surface area (Å²) < 4.78 is 0. The van der Waals surface area contributed by atoms with E-state index in [0.29, 0.717) is 18.5 Å². The zero-order valence-electron chi connectivity index (χ0n) is 11.6. The van der Waals surface area contributed by atoms with Crippen LogP contribution in [0.15, 0.2) is 30.3 Å². The van der Waals surface area contributed by atoms with Gasteiger partial charge in [0.05, 0.1) is 0 Å². The van der Waals surface area contributed by atoms with Crippen molar-refractivity contribution in [1.29, 1.82) is 0 Å². The molecule has 18 heavy (non-hydrogen) atoms. The molecule has 0 saturated carbocycles. The summed E-state index contributed by atoms with van der Waals surface area (Å²) in [6.45, 7) is 4.95. The molecule has 1 aromatic rings. The summed E-state index contributed by atoms with van der Waals surface area (Å²) in [7, 11) is 4.06. The third kappa shape index (κ3) is 4.75. The smallest absolute Gasteiger partial charge is 0.319 e. The maximum atomic E-state index is 11.7. The van der Waals surface area contributed by atoms with Gasteiger partial charge in [0.2, 0.25) is 0 Å². The maximum Gasteiger partial charge on any atom is 0.319 e. The minimum Gasteiger partial charge on any atom is -0.336 e. The molecular weight excluding hydrogens is 226 g/mol. The number of hydrogen-bond acceptors (Lipinski definition) is 2. The first-order chi connectivity index (χ1) is 8.50. The number of nitrogens with one attached hydrogen (secondary N) is 2. The van der Waals surface area contributed by atoms with Gasteiger partial charge in [-0.3, -0.25) is 0 Å². The lowest BCUT2D eigenvalue weighted by Gasteiger charge is -2.28. The Morgan fingerprint density at radius 1 is 1.22 bits per heavy atom. The van der Waals surface area contributed by atoms with E-state index < -0.39 is 0 Å². The largest absolute Gasteiger partial charge is 0.336 e. The first kappa shape index (κ1) is 14.5. The normalized spacial score (nSPS) is 12.6. The summed E-state index contributed by atoms with van der Waals surface area (Å²) in [5.74, 6) is 0.497. The number of anilines is 1. The van der Waals surface area contributed by atoms with E-state index in [-0.39, 0.29) is 6.03 Å². The molecule has 0 aliphatic heterocycles. The molecule has 0 unspecified atom stereocenters. The van der Waals surface area contributed by atoms with Crippen LogP contribution < -0.4 is 10.6 Å². The molecular formula is C14H23N3O. The van der Waals surface area contributed by atoms with E-state index >= 15 is 0 Å². The van der Waals surface area contributed by atoms with Crippen molar-refractivity contribution in [2.45, 2.75) is 19.9 Å². The van der Waals surface area contributed by atoms with Crippen molar-refractivity contribution in [2.75, 3.05) is 26.0 Å². The van der Waals surface area contributed by atoms with Crippen LogP contribution in [0.1, 0.15) is 13.8 Å². The van der Waals surface area contributed by atoms with Crippen LogP contribution in [0.5, 0.6) is 0 Å². The fourth-order valence-electron chi connectivity index (χ4n) is 1.91. The maximum absolute atomic E-state index is 11.7. The van der Waals surface area contributed by atoms with E-state index in [2.05, 4.69) is 29.4 Å². The predicted molar refractivity (Wildman–Crippen MR) is 75.8 cm³/mol. The Labute approximate surface area is 109 Å². The van der Waals surface area contributed by atoms with Crippen molar-refractivity contribution in [1.82, 2.24) is 10.2 Å². The summed E-state index contributed by atoms with van der Waals surface area (Å²) in [4.78, 5) is 13.9. The van der Waals surface area contributed by atoms with Crippen LogP contribution >= 0.6 is 0 Å². The van der Waals surface area contributed by atoms with Crippen LogP contribution in [-0.2, 0) is 0 Å². The Morgan fingerprint density at radius 3 is 2.33 bits per heavy atom. The monoisotopic (exact) mass is 249 g/mol. The minimum absolute atomic E-state index is 0.159. The summed E-state index contributed by atoms with van der Waals surface area (Å²) in [5.41, 5.74) is 0.806. The molecule has 0 heterocycles. The number of benzene rings is 1. The van der Waals surface area contributed by atoms with Crippen molar-refractivity contribution in [3.63, 3.8) is 0 Å². The first-order valence-electron chi connectivity index (χ1n) is 6.27. The SMILES string of the molecule is CC(C)[C@@H](CNC(=O)Nc1ccccc1)N(C)C. The second-order valence-electron chi connectivity index (χ2n) is 4.98. The van der Waals surface area contributed by atoms with Crippen LogP contribution in [0.4, 0.5) is 10.5 Å². The second kappa shape index (κ2) is 7.01. The van der Waals surface area contributed by atoms with Crippen LogP contribution in [0.2, 0.25) is 0 Å². The Hall–Kier alpha value is -1.55. The van der Waals surface area contributed by atoms with E-state index in [1.165, 1.54) is 0 Å². The van der Waals surface area contributed by atoms with Crippen LogP contribution in [0, 0.1) is 5.92 Å². The van der Waals surface area contributed by atoms with E-state index in [9.17, 15) is 4.79 Å². The molecule has 0 aromatic heterocycles. The molecule has 1 atom stereocenters. The van der Waals surface area contributed by atoms with Gasteiger partial charge < -0.3 is 15.5 Å². The Balaban J connectivity index is 2.41. The summed E-state index contributed by atoms with van der Waals surface area (Å²) in [5, 5.41) is 5.71. The molecule has 1 aromatic carbocycles. The van der Waals surface area contributed by atoms with Gasteiger partial charge in [-0.25, -0.2) is 4.79 Å². The number of amides is 2. The van der Waals surface area contributed by atoms with Gasteiger partial charge in [0.25, 0.3) is 0 Å². The topological polar surface area (TPSA) is 44.4 Å². The number of likely N-dealkylation sites (N-methyl/N-ethyl adjacent to an activating group) is 1. The van der Waals surface area contributed by atoms with Gasteiger partial charge in [0, 0.05) is 18.3 Å². The first-order valence-corrected chi connectivity index (χ1v) is 6.27. The zero-order chi connectivity index (χ0) is 13.5. The van der Waals surface area contributed by atoms with Crippen molar-refractivity contribution < 1.29 is 4.79 Å². The van der Waals surface area contributed by atoms with Crippen LogP contribution in [-0.4, -0.2) is 37.6 Å². The molecule has 0 spiro atoms. The number of rotatable bonds is 5. The number of carbonyl (C=O) groups is 1. The van der Waals surface area contributed by atoms with Crippen LogP contribution in [0.3, 0.4) is 0 Å². The number of urea groups is 1. The fraction of sp³-hybridized carbons (Fsp3) is 0.500. The summed E-state index contributed by atoms with van der Waals surface area (Å²) in [6, 6.07) is 9.62. The number of para-hydroxylation sites is 1. The van der Waals surface area contributed by atoms with Crippen molar-refractivity contribution in [3.05, 3.63) is 30.3 Å². The molecule has 0 aliphatic carbocycles. The van der Waals surface area contributed by atoms with Gasteiger partial charge in [-0.15, -0.1) is 0 Å². The molecule has 0 saturated heterocycles. The lowest BCUT2D eigenvalue weighted by atomic mass is 10.0. The molecule has 4 nitrogen and oxygen atoms in total. The zero-order valence-corrected chi connectivity index (χ0v) is 11.6. The van der Waals surface area contributed by atoms with Gasteiger partial charge >= 0.3 is 6.03 Å². The quantitative estimate of drug-likeness (QED) is 0.841.